The van der Waals surface area contributed by atoms with Gasteiger partial charge in [-0.05, 0) is 32.2 Å². The fourth-order valence-electron chi connectivity index (χ4n) is 1.01. The average Bonchev–Trinajstić information content (AvgIpc) is 2.89. The lowest BCUT2D eigenvalue weighted by atomic mass is 10.2. The fraction of sp³-hybridized carbons (Fsp3) is 0.889. The van der Waals surface area contributed by atoms with Crippen LogP contribution in [0.3, 0.4) is 0 Å². The van der Waals surface area contributed by atoms with Crippen LogP contribution < -0.4 is 5.32 Å². The molecule has 1 unspecified atom stereocenters. The first kappa shape index (κ1) is 9.50. The zero-order valence-electron chi connectivity index (χ0n) is 7.55. The Morgan fingerprint density at radius 2 is 2.42 bits per heavy atom. The highest BCUT2D eigenvalue weighted by Gasteiger charge is 2.21. The van der Waals surface area contributed by atoms with Gasteiger partial charge in [0.15, 0.2) is 0 Å². The molecule has 0 saturated heterocycles. The maximum absolute atomic E-state index is 8.58. The van der Waals surface area contributed by atoms with E-state index in [1.54, 1.807) is 7.05 Å². The molecule has 3 nitrogen and oxygen atoms in total. The van der Waals surface area contributed by atoms with Crippen molar-refractivity contribution < 1.29 is 4.74 Å². The Kier molecular flexibility index (Phi) is 4.06. The zero-order chi connectivity index (χ0) is 8.81. The Morgan fingerprint density at radius 3 is 2.92 bits per heavy atom. The Morgan fingerprint density at radius 1 is 1.67 bits per heavy atom. The van der Waals surface area contributed by atoms with E-state index in [4.69, 9.17) is 10.00 Å². The molecule has 0 heterocycles. The summed E-state index contributed by atoms with van der Waals surface area (Å²) in [5, 5.41) is 11.5. The summed E-state index contributed by atoms with van der Waals surface area (Å²) in [5.74, 6) is 0.820. The molecule has 1 rings (SSSR count). The molecule has 0 radical (unpaired) electrons. The Balaban J connectivity index is 1.89. The van der Waals surface area contributed by atoms with E-state index in [2.05, 4.69) is 11.4 Å². The summed E-state index contributed by atoms with van der Waals surface area (Å²) in [5.41, 5.74) is 0. The molecular formula is C9H16N2O. The third kappa shape index (κ3) is 3.70. The molecule has 1 fully saturated rings. The monoisotopic (exact) mass is 168 g/mol. The molecule has 1 N–H and O–H groups in total. The van der Waals surface area contributed by atoms with Gasteiger partial charge in [0.25, 0.3) is 0 Å². The Labute approximate surface area is 73.7 Å². The molecule has 0 aromatic rings. The molecule has 0 amide bonds. The molecule has 0 aromatic heterocycles. The average molecular weight is 168 g/mol. The number of nitrogens with one attached hydrogen (secondary N) is 1. The van der Waals surface area contributed by atoms with Gasteiger partial charge >= 0.3 is 0 Å². The molecule has 0 aromatic carbocycles. The largest absolute Gasteiger partial charge is 0.381 e. The summed E-state index contributed by atoms with van der Waals surface area (Å²) in [7, 11) is 1.80. The maximum Gasteiger partial charge on any atom is 0.0972 e. The lowest BCUT2D eigenvalue weighted by molar-refractivity contribution is 0.119. The maximum atomic E-state index is 8.58. The first-order valence-electron chi connectivity index (χ1n) is 4.51. The van der Waals surface area contributed by atoms with Crippen LogP contribution in [0.2, 0.25) is 0 Å². The van der Waals surface area contributed by atoms with Crippen LogP contribution >= 0.6 is 0 Å². The highest BCUT2D eigenvalue weighted by molar-refractivity contribution is 4.88. The summed E-state index contributed by atoms with van der Waals surface area (Å²) >= 11 is 0. The smallest absolute Gasteiger partial charge is 0.0972 e. The summed E-state index contributed by atoms with van der Waals surface area (Å²) in [6.07, 6.45) is 3.45. The minimum atomic E-state index is -0.0517. The van der Waals surface area contributed by atoms with Crippen molar-refractivity contribution in [1.29, 1.82) is 5.26 Å². The zero-order valence-corrected chi connectivity index (χ0v) is 7.55. The molecule has 12 heavy (non-hydrogen) atoms. The Hall–Kier alpha value is -0.590. The highest BCUT2D eigenvalue weighted by atomic mass is 16.5. The van der Waals surface area contributed by atoms with Crippen LogP contribution in [0.4, 0.5) is 0 Å². The van der Waals surface area contributed by atoms with Crippen molar-refractivity contribution in [2.75, 3.05) is 20.3 Å². The number of hydrogen-bond donors (Lipinski definition) is 1. The standard InChI is InChI=1S/C9H16N2O/c1-11-9(6-10)4-5-12-7-8-2-3-8/h8-9,11H,2-5,7H2,1H3. The van der Waals surface area contributed by atoms with Gasteiger partial charge in [0.1, 0.15) is 0 Å². The summed E-state index contributed by atoms with van der Waals surface area (Å²) in [4.78, 5) is 0. The van der Waals surface area contributed by atoms with Crippen LogP contribution in [0.15, 0.2) is 0 Å². The van der Waals surface area contributed by atoms with Crippen molar-refractivity contribution in [3.8, 4) is 6.07 Å². The number of nitriles is 1. The normalized spacial score (nSPS) is 18.7. The minimum absolute atomic E-state index is 0.0517. The summed E-state index contributed by atoms with van der Waals surface area (Å²) in [6.45, 7) is 1.59. The van der Waals surface area contributed by atoms with E-state index in [0.717, 1.165) is 18.9 Å². The first-order chi connectivity index (χ1) is 5.86. The quantitative estimate of drug-likeness (QED) is 0.600. The number of rotatable bonds is 6. The number of hydrogen-bond acceptors (Lipinski definition) is 3. The van der Waals surface area contributed by atoms with Gasteiger partial charge in [0.2, 0.25) is 0 Å². The van der Waals surface area contributed by atoms with Gasteiger partial charge < -0.3 is 10.1 Å². The van der Waals surface area contributed by atoms with E-state index >= 15 is 0 Å². The predicted molar refractivity (Wildman–Crippen MR) is 46.6 cm³/mol. The van der Waals surface area contributed by atoms with Gasteiger partial charge in [0, 0.05) is 13.2 Å². The molecule has 68 valence electrons. The van der Waals surface area contributed by atoms with Crippen molar-refractivity contribution in [1.82, 2.24) is 5.32 Å². The Bertz CT molecular complexity index is 160. The van der Waals surface area contributed by atoms with E-state index in [-0.39, 0.29) is 6.04 Å². The van der Waals surface area contributed by atoms with E-state index in [1.165, 1.54) is 12.8 Å². The van der Waals surface area contributed by atoms with Gasteiger partial charge in [-0.25, -0.2) is 0 Å². The van der Waals surface area contributed by atoms with Gasteiger partial charge in [-0.3, -0.25) is 0 Å². The predicted octanol–water partition coefficient (Wildman–Crippen LogP) is 0.915. The van der Waals surface area contributed by atoms with Crippen LogP contribution in [0, 0.1) is 17.2 Å². The van der Waals surface area contributed by atoms with Crippen LogP contribution in [0.5, 0.6) is 0 Å². The molecule has 0 spiro atoms. The van der Waals surface area contributed by atoms with Crippen molar-refractivity contribution in [2.24, 2.45) is 5.92 Å². The molecule has 1 aliphatic rings. The third-order valence-electron chi connectivity index (χ3n) is 2.11. The second-order valence-electron chi connectivity index (χ2n) is 3.28. The van der Waals surface area contributed by atoms with Crippen molar-refractivity contribution in [2.45, 2.75) is 25.3 Å². The third-order valence-corrected chi connectivity index (χ3v) is 2.11. The molecular weight excluding hydrogens is 152 g/mol. The fourth-order valence-corrected chi connectivity index (χ4v) is 1.01. The first-order valence-corrected chi connectivity index (χ1v) is 4.51. The molecule has 0 bridgehead atoms. The van der Waals surface area contributed by atoms with Gasteiger partial charge in [0.05, 0.1) is 12.1 Å². The van der Waals surface area contributed by atoms with E-state index in [0.29, 0.717) is 6.61 Å². The highest BCUT2D eigenvalue weighted by Crippen LogP contribution is 2.28. The summed E-state index contributed by atoms with van der Waals surface area (Å²) < 4.78 is 5.40. The second-order valence-corrected chi connectivity index (χ2v) is 3.28. The van der Waals surface area contributed by atoms with E-state index in [9.17, 15) is 0 Å². The summed E-state index contributed by atoms with van der Waals surface area (Å²) in [6, 6.07) is 2.11. The van der Waals surface area contributed by atoms with Gasteiger partial charge in [-0.1, -0.05) is 0 Å². The number of nitrogens with zero attached hydrogens (tertiary/aromatic N) is 1. The topological polar surface area (TPSA) is 45.0 Å². The van der Waals surface area contributed by atoms with Crippen LogP contribution in [0.25, 0.3) is 0 Å². The minimum Gasteiger partial charge on any atom is -0.381 e. The molecule has 0 aliphatic heterocycles. The lowest BCUT2D eigenvalue weighted by Crippen LogP contribution is -2.24. The van der Waals surface area contributed by atoms with Crippen LogP contribution in [-0.4, -0.2) is 26.3 Å². The van der Waals surface area contributed by atoms with Crippen molar-refractivity contribution in [3.63, 3.8) is 0 Å². The number of ether oxygens (including phenoxy) is 1. The molecule has 3 heteroatoms. The van der Waals surface area contributed by atoms with E-state index in [1.807, 2.05) is 0 Å². The van der Waals surface area contributed by atoms with Crippen molar-refractivity contribution >= 4 is 0 Å². The van der Waals surface area contributed by atoms with Gasteiger partial charge in [-0.2, -0.15) is 5.26 Å². The van der Waals surface area contributed by atoms with E-state index < -0.39 is 0 Å². The SMILES string of the molecule is CNC(C#N)CCOCC1CC1. The lowest BCUT2D eigenvalue weighted by Gasteiger charge is -2.07. The van der Waals surface area contributed by atoms with Gasteiger partial charge in [-0.15, -0.1) is 0 Å². The second kappa shape index (κ2) is 5.13. The van der Waals surface area contributed by atoms with Crippen LogP contribution in [0.1, 0.15) is 19.3 Å². The van der Waals surface area contributed by atoms with Crippen LogP contribution in [-0.2, 0) is 4.74 Å². The molecule has 1 saturated carbocycles. The molecule has 1 atom stereocenters. The molecule has 1 aliphatic carbocycles. The van der Waals surface area contributed by atoms with Crippen molar-refractivity contribution in [3.05, 3.63) is 0 Å².